The molecule has 1 fully saturated rings. The molecule has 0 aromatic carbocycles. The Hall–Kier alpha value is -0.670. The van der Waals surface area contributed by atoms with Gasteiger partial charge in [-0.15, -0.1) is 10.2 Å². The summed E-state index contributed by atoms with van der Waals surface area (Å²) in [5, 5.41) is 8.73. The van der Waals surface area contributed by atoms with Crippen LogP contribution in [-0.4, -0.2) is 59.3 Å². The Balaban J connectivity index is 1.92. The summed E-state index contributed by atoms with van der Waals surface area (Å²) in [7, 11) is -2.97. The maximum atomic E-state index is 12.2. The molecule has 2 heterocycles. The molecule has 1 aromatic rings. The first-order chi connectivity index (χ1) is 9.41. The predicted molar refractivity (Wildman–Crippen MR) is 79.8 cm³/mol. The fraction of sp³-hybridized carbons (Fsp3) is 0.727. The average molecular weight is 335 g/mol. The zero-order chi connectivity index (χ0) is 14.8. The van der Waals surface area contributed by atoms with E-state index in [1.54, 1.807) is 4.90 Å². The molecular formula is C11H17N3O3S3. The minimum absolute atomic E-state index is 0.0348. The molecule has 1 aliphatic heterocycles. The molecular weight excluding hydrogens is 318 g/mol. The molecule has 1 aromatic heterocycles. The number of hydrogen-bond donors (Lipinski definition) is 0. The lowest BCUT2D eigenvalue weighted by atomic mass is 10.2. The van der Waals surface area contributed by atoms with Gasteiger partial charge in [-0.3, -0.25) is 4.79 Å². The minimum atomic E-state index is -2.97. The van der Waals surface area contributed by atoms with Gasteiger partial charge >= 0.3 is 0 Å². The summed E-state index contributed by atoms with van der Waals surface area (Å²) in [5.41, 5.74) is 0. The lowest BCUT2D eigenvalue weighted by Gasteiger charge is -2.26. The van der Waals surface area contributed by atoms with Crippen molar-refractivity contribution in [2.24, 2.45) is 0 Å². The second-order valence-electron chi connectivity index (χ2n) is 4.61. The van der Waals surface area contributed by atoms with Crippen molar-refractivity contribution >= 4 is 38.8 Å². The van der Waals surface area contributed by atoms with Crippen LogP contribution in [0.5, 0.6) is 0 Å². The highest BCUT2D eigenvalue weighted by atomic mass is 32.2. The van der Waals surface area contributed by atoms with Gasteiger partial charge < -0.3 is 4.90 Å². The second kappa shape index (κ2) is 6.40. The lowest BCUT2D eigenvalue weighted by molar-refractivity contribution is -0.129. The highest BCUT2D eigenvalue weighted by molar-refractivity contribution is 8.01. The first-order valence-corrected chi connectivity index (χ1v) is 9.96. The normalized spacial score (nSPS) is 21.0. The van der Waals surface area contributed by atoms with Crippen molar-refractivity contribution in [2.75, 3.05) is 23.8 Å². The number of rotatable bonds is 5. The minimum Gasteiger partial charge on any atom is -0.338 e. The quantitative estimate of drug-likeness (QED) is 0.746. The third-order valence-electron chi connectivity index (χ3n) is 3.14. The Morgan fingerprint density at radius 2 is 2.25 bits per heavy atom. The highest BCUT2D eigenvalue weighted by Crippen LogP contribution is 2.24. The third-order valence-corrected chi connectivity index (χ3v) is 6.84. The largest absolute Gasteiger partial charge is 0.338 e. The second-order valence-corrected chi connectivity index (χ2v) is 9.25. The summed E-state index contributed by atoms with van der Waals surface area (Å²) in [6.07, 6.45) is 0.546. The van der Waals surface area contributed by atoms with Crippen molar-refractivity contribution in [3.05, 3.63) is 5.01 Å². The number of hydrogen-bond acceptors (Lipinski definition) is 7. The smallest absolute Gasteiger partial charge is 0.233 e. The lowest BCUT2D eigenvalue weighted by Crippen LogP contribution is -2.41. The molecule has 9 heteroatoms. The first-order valence-electron chi connectivity index (χ1n) is 6.34. The molecule has 1 unspecified atom stereocenters. The maximum Gasteiger partial charge on any atom is 0.233 e. The zero-order valence-corrected chi connectivity index (χ0v) is 13.9. The summed E-state index contributed by atoms with van der Waals surface area (Å²) in [6.45, 7) is 4.28. The Bertz CT molecular complexity index is 585. The fourth-order valence-corrected chi connectivity index (χ4v) is 5.63. The van der Waals surface area contributed by atoms with E-state index in [1.165, 1.54) is 23.1 Å². The first kappa shape index (κ1) is 15.7. The van der Waals surface area contributed by atoms with Crippen LogP contribution in [0.1, 0.15) is 18.4 Å². The van der Waals surface area contributed by atoms with E-state index in [0.717, 1.165) is 9.35 Å². The molecule has 1 saturated heterocycles. The number of carbonyl (C=O) groups is 1. The number of aryl methyl sites for hydroxylation is 1. The summed E-state index contributed by atoms with van der Waals surface area (Å²) < 4.78 is 23.8. The molecule has 20 heavy (non-hydrogen) atoms. The monoisotopic (exact) mass is 335 g/mol. The van der Waals surface area contributed by atoms with Crippen LogP contribution in [0.2, 0.25) is 0 Å². The highest BCUT2D eigenvalue weighted by Gasteiger charge is 2.33. The average Bonchev–Trinajstić information content (AvgIpc) is 2.94. The number of aromatic nitrogens is 2. The van der Waals surface area contributed by atoms with Crippen molar-refractivity contribution in [3.8, 4) is 0 Å². The molecule has 1 amide bonds. The van der Waals surface area contributed by atoms with Crippen LogP contribution < -0.4 is 0 Å². The van der Waals surface area contributed by atoms with Crippen molar-refractivity contribution in [2.45, 2.75) is 30.6 Å². The Morgan fingerprint density at radius 3 is 2.75 bits per heavy atom. The standard InChI is InChI=1S/C11H17N3O3S3/c1-3-14(9-4-5-20(16,17)7-9)10(15)6-18-11-13-12-8(2)19-11/h9H,3-7H2,1-2H3. The SMILES string of the molecule is CCN(C(=O)CSc1nnc(C)s1)C1CCS(=O)(=O)C1. The number of amides is 1. The number of thioether (sulfide) groups is 1. The van der Waals surface area contributed by atoms with E-state index in [4.69, 9.17) is 0 Å². The molecule has 0 saturated carbocycles. The molecule has 6 nitrogen and oxygen atoms in total. The van der Waals surface area contributed by atoms with Crippen LogP contribution >= 0.6 is 23.1 Å². The predicted octanol–water partition coefficient (Wildman–Crippen LogP) is 0.974. The van der Waals surface area contributed by atoms with E-state index in [9.17, 15) is 13.2 Å². The molecule has 1 atom stereocenters. The van der Waals surface area contributed by atoms with Crippen LogP contribution in [0.25, 0.3) is 0 Å². The molecule has 0 bridgehead atoms. The Kier molecular flexibility index (Phi) is 5.03. The van der Waals surface area contributed by atoms with Crippen molar-refractivity contribution in [3.63, 3.8) is 0 Å². The van der Waals surface area contributed by atoms with Crippen LogP contribution in [0.3, 0.4) is 0 Å². The molecule has 2 rings (SSSR count). The number of sulfone groups is 1. The van der Waals surface area contributed by atoms with Crippen LogP contribution in [0, 0.1) is 6.92 Å². The summed E-state index contributed by atoms with van der Waals surface area (Å²) in [4.78, 5) is 13.9. The Labute approximate surface area is 126 Å². The molecule has 0 N–H and O–H groups in total. The molecule has 0 spiro atoms. The number of nitrogens with zero attached hydrogens (tertiary/aromatic N) is 3. The maximum absolute atomic E-state index is 12.2. The van der Waals surface area contributed by atoms with Gasteiger partial charge in [-0.05, 0) is 20.3 Å². The van der Waals surface area contributed by atoms with Crippen molar-refractivity contribution < 1.29 is 13.2 Å². The van der Waals surface area contributed by atoms with Crippen LogP contribution in [0.15, 0.2) is 4.34 Å². The van der Waals surface area contributed by atoms with Gasteiger partial charge in [-0.2, -0.15) is 0 Å². The van der Waals surface area contributed by atoms with Gasteiger partial charge in [0.1, 0.15) is 5.01 Å². The summed E-state index contributed by atoms with van der Waals surface area (Å²) in [6, 6.07) is -0.172. The van der Waals surface area contributed by atoms with Crippen LogP contribution in [0.4, 0.5) is 0 Å². The van der Waals surface area contributed by atoms with Gasteiger partial charge in [0.25, 0.3) is 0 Å². The van der Waals surface area contributed by atoms with Gasteiger partial charge in [-0.1, -0.05) is 23.1 Å². The van der Waals surface area contributed by atoms with Gasteiger partial charge in [0, 0.05) is 12.6 Å². The van der Waals surface area contributed by atoms with Gasteiger partial charge in [0.2, 0.25) is 5.91 Å². The van der Waals surface area contributed by atoms with Gasteiger partial charge in [-0.25, -0.2) is 8.42 Å². The third kappa shape index (κ3) is 3.92. The van der Waals surface area contributed by atoms with E-state index in [2.05, 4.69) is 10.2 Å². The van der Waals surface area contributed by atoms with Crippen LogP contribution in [-0.2, 0) is 14.6 Å². The van der Waals surface area contributed by atoms with E-state index >= 15 is 0 Å². The Morgan fingerprint density at radius 1 is 1.50 bits per heavy atom. The van der Waals surface area contributed by atoms with E-state index in [0.29, 0.717) is 13.0 Å². The summed E-state index contributed by atoms with van der Waals surface area (Å²) in [5.74, 6) is 0.519. The van der Waals surface area contributed by atoms with E-state index in [-0.39, 0.29) is 29.2 Å². The molecule has 1 aliphatic rings. The van der Waals surface area contributed by atoms with E-state index < -0.39 is 9.84 Å². The zero-order valence-electron chi connectivity index (χ0n) is 11.4. The topological polar surface area (TPSA) is 80.2 Å². The molecule has 0 aliphatic carbocycles. The molecule has 0 radical (unpaired) electrons. The number of carbonyl (C=O) groups excluding carboxylic acids is 1. The fourth-order valence-electron chi connectivity index (χ4n) is 2.20. The van der Waals surface area contributed by atoms with Gasteiger partial charge in [0.05, 0.1) is 17.3 Å². The van der Waals surface area contributed by atoms with Gasteiger partial charge in [0.15, 0.2) is 14.2 Å². The summed E-state index contributed by atoms with van der Waals surface area (Å²) >= 11 is 2.81. The molecule has 112 valence electrons. The van der Waals surface area contributed by atoms with Crippen molar-refractivity contribution in [1.82, 2.24) is 15.1 Å². The van der Waals surface area contributed by atoms with Crippen molar-refractivity contribution in [1.29, 1.82) is 0 Å². The van der Waals surface area contributed by atoms with E-state index in [1.807, 2.05) is 13.8 Å².